The molecule has 0 saturated carbocycles. The van der Waals surface area contributed by atoms with Crippen LogP contribution < -0.4 is 5.32 Å². The van der Waals surface area contributed by atoms with E-state index in [2.05, 4.69) is 15.3 Å². The summed E-state index contributed by atoms with van der Waals surface area (Å²) < 4.78 is 5.24. The molecule has 1 aliphatic rings. The second-order valence-corrected chi connectivity index (χ2v) is 4.21. The molecule has 1 aromatic rings. The Bertz CT molecular complexity index is 407. The third-order valence-corrected chi connectivity index (χ3v) is 2.99. The maximum atomic E-state index is 12.1. The van der Waals surface area contributed by atoms with Gasteiger partial charge in [0.05, 0.1) is 18.5 Å². The average molecular weight is 250 g/mol. The van der Waals surface area contributed by atoms with Gasteiger partial charge in [-0.25, -0.2) is 9.97 Å². The number of aromatic nitrogens is 2. The number of carbonyl (C=O) groups excluding carboxylic acids is 1. The lowest BCUT2D eigenvalue weighted by molar-refractivity contribution is 0.0718. The molecule has 1 aliphatic heterocycles. The molecule has 1 aromatic heterocycles. The van der Waals surface area contributed by atoms with E-state index in [1.54, 1.807) is 18.2 Å². The molecule has 18 heavy (non-hydrogen) atoms. The number of likely N-dealkylation sites (tertiary alicyclic amines) is 1. The summed E-state index contributed by atoms with van der Waals surface area (Å²) in [4.78, 5) is 22.2. The summed E-state index contributed by atoms with van der Waals surface area (Å²) in [6.07, 6.45) is 4.12. The van der Waals surface area contributed by atoms with Crippen molar-refractivity contribution in [1.29, 1.82) is 0 Å². The van der Waals surface area contributed by atoms with E-state index in [0.29, 0.717) is 24.6 Å². The van der Waals surface area contributed by atoms with Crippen LogP contribution in [0.2, 0.25) is 0 Å². The first-order valence-electron chi connectivity index (χ1n) is 6.12. The van der Waals surface area contributed by atoms with Crippen molar-refractivity contribution in [2.24, 2.45) is 0 Å². The fourth-order valence-electron chi connectivity index (χ4n) is 1.98. The van der Waals surface area contributed by atoms with Crippen LogP contribution in [0.5, 0.6) is 0 Å². The number of carbonyl (C=O) groups is 1. The Balaban J connectivity index is 2.00. The highest BCUT2D eigenvalue weighted by Crippen LogP contribution is 2.14. The molecule has 1 fully saturated rings. The van der Waals surface area contributed by atoms with Gasteiger partial charge in [0.15, 0.2) is 0 Å². The number of anilines is 1. The first-order chi connectivity index (χ1) is 8.74. The minimum Gasteiger partial charge on any atom is -0.380 e. The van der Waals surface area contributed by atoms with Crippen LogP contribution in [0.3, 0.4) is 0 Å². The van der Waals surface area contributed by atoms with Gasteiger partial charge in [0, 0.05) is 26.7 Å². The number of amides is 1. The molecule has 0 aliphatic carbocycles. The van der Waals surface area contributed by atoms with Crippen LogP contribution >= 0.6 is 0 Å². The molecule has 1 unspecified atom stereocenters. The van der Waals surface area contributed by atoms with Crippen molar-refractivity contribution >= 4 is 11.7 Å². The molecule has 2 rings (SSSR count). The number of methoxy groups -OCH3 is 1. The van der Waals surface area contributed by atoms with E-state index in [1.165, 1.54) is 6.20 Å². The van der Waals surface area contributed by atoms with E-state index in [1.807, 2.05) is 6.92 Å². The zero-order valence-corrected chi connectivity index (χ0v) is 10.7. The van der Waals surface area contributed by atoms with Crippen LogP contribution in [0.15, 0.2) is 12.4 Å². The number of rotatable bonds is 4. The fraction of sp³-hybridized carbons (Fsp3) is 0.583. The number of nitrogens with one attached hydrogen (secondary N) is 1. The molecular formula is C12H18N4O2. The van der Waals surface area contributed by atoms with Crippen LogP contribution in [-0.4, -0.2) is 53.6 Å². The molecule has 98 valence electrons. The van der Waals surface area contributed by atoms with Gasteiger partial charge in [0.25, 0.3) is 5.91 Å². The minimum atomic E-state index is -0.0786. The highest BCUT2D eigenvalue weighted by atomic mass is 16.5. The Morgan fingerprint density at radius 2 is 2.39 bits per heavy atom. The van der Waals surface area contributed by atoms with Gasteiger partial charge in [0.1, 0.15) is 11.5 Å². The molecule has 0 bridgehead atoms. The Hall–Kier alpha value is -1.69. The van der Waals surface area contributed by atoms with Gasteiger partial charge >= 0.3 is 0 Å². The first kappa shape index (κ1) is 12.8. The maximum absolute atomic E-state index is 12.1. The smallest absolute Gasteiger partial charge is 0.274 e. The van der Waals surface area contributed by atoms with Crippen LogP contribution in [0, 0.1) is 0 Å². The predicted molar refractivity (Wildman–Crippen MR) is 67.5 cm³/mol. The zero-order chi connectivity index (χ0) is 13.0. The van der Waals surface area contributed by atoms with Crippen molar-refractivity contribution in [3.63, 3.8) is 0 Å². The summed E-state index contributed by atoms with van der Waals surface area (Å²) >= 11 is 0. The van der Waals surface area contributed by atoms with Crippen molar-refractivity contribution in [2.45, 2.75) is 19.4 Å². The Labute approximate surface area is 106 Å². The van der Waals surface area contributed by atoms with Crippen LogP contribution in [0.25, 0.3) is 0 Å². The fourth-order valence-corrected chi connectivity index (χ4v) is 1.98. The molecule has 1 saturated heterocycles. The van der Waals surface area contributed by atoms with Crippen LogP contribution in [0.1, 0.15) is 23.8 Å². The van der Waals surface area contributed by atoms with Gasteiger partial charge in [-0.15, -0.1) is 0 Å². The second kappa shape index (κ2) is 5.77. The Kier molecular flexibility index (Phi) is 4.09. The molecule has 0 spiro atoms. The second-order valence-electron chi connectivity index (χ2n) is 4.21. The first-order valence-corrected chi connectivity index (χ1v) is 6.12. The third kappa shape index (κ3) is 2.76. The topological polar surface area (TPSA) is 67.4 Å². The standard InChI is InChI=1S/C12H18N4O2/c1-3-13-11-7-14-10(6-15-11)12(17)16-5-4-9(8-16)18-2/h6-7,9H,3-5,8H2,1-2H3,(H,13,15). The summed E-state index contributed by atoms with van der Waals surface area (Å²) in [5.74, 6) is 0.607. The molecule has 6 heteroatoms. The zero-order valence-electron chi connectivity index (χ0n) is 10.7. The van der Waals surface area contributed by atoms with Gasteiger partial charge in [-0.2, -0.15) is 0 Å². The van der Waals surface area contributed by atoms with E-state index < -0.39 is 0 Å². The minimum absolute atomic E-state index is 0.0786. The molecule has 0 aromatic carbocycles. The van der Waals surface area contributed by atoms with Crippen LogP contribution in [-0.2, 0) is 4.74 Å². The molecule has 1 N–H and O–H groups in total. The number of hydrogen-bond donors (Lipinski definition) is 1. The van der Waals surface area contributed by atoms with E-state index in [-0.39, 0.29) is 12.0 Å². The predicted octanol–water partition coefficient (Wildman–Crippen LogP) is 0.769. The van der Waals surface area contributed by atoms with E-state index in [9.17, 15) is 4.79 Å². The Morgan fingerprint density at radius 1 is 1.56 bits per heavy atom. The summed E-state index contributed by atoms with van der Waals surface area (Å²) in [5, 5.41) is 3.04. The van der Waals surface area contributed by atoms with Gasteiger partial charge in [0.2, 0.25) is 0 Å². The van der Waals surface area contributed by atoms with E-state index >= 15 is 0 Å². The molecule has 6 nitrogen and oxygen atoms in total. The van der Waals surface area contributed by atoms with Crippen molar-refractivity contribution in [3.8, 4) is 0 Å². The summed E-state index contributed by atoms with van der Waals surface area (Å²) in [7, 11) is 1.67. The highest BCUT2D eigenvalue weighted by Gasteiger charge is 2.27. The summed E-state index contributed by atoms with van der Waals surface area (Å²) in [5.41, 5.74) is 0.383. The van der Waals surface area contributed by atoms with E-state index in [0.717, 1.165) is 13.0 Å². The molecule has 2 heterocycles. The van der Waals surface area contributed by atoms with Gasteiger partial charge < -0.3 is 15.0 Å². The normalized spacial score (nSPS) is 19.0. The molecular weight excluding hydrogens is 232 g/mol. The molecule has 1 atom stereocenters. The van der Waals surface area contributed by atoms with Crippen molar-refractivity contribution in [2.75, 3.05) is 32.1 Å². The van der Waals surface area contributed by atoms with Crippen molar-refractivity contribution < 1.29 is 9.53 Å². The monoisotopic (exact) mass is 250 g/mol. The Morgan fingerprint density at radius 3 is 2.94 bits per heavy atom. The lowest BCUT2D eigenvalue weighted by Crippen LogP contribution is -2.30. The number of ether oxygens (including phenoxy) is 1. The summed E-state index contributed by atoms with van der Waals surface area (Å²) in [6.45, 7) is 4.11. The lowest BCUT2D eigenvalue weighted by atomic mass is 10.3. The third-order valence-electron chi connectivity index (χ3n) is 2.99. The molecule has 0 radical (unpaired) electrons. The van der Waals surface area contributed by atoms with Gasteiger partial charge in [-0.05, 0) is 13.3 Å². The van der Waals surface area contributed by atoms with Crippen molar-refractivity contribution in [3.05, 3.63) is 18.1 Å². The molecule has 1 amide bonds. The largest absolute Gasteiger partial charge is 0.380 e. The SMILES string of the molecule is CCNc1cnc(C(=O)N2CCC(OC)C2)cn1. The van der Waals surface area contributed by atoms with Crippen LogP contribution in [0.4, 0.5) is 5.82 Å². The average Bonchev–Trinajstić information content (AvgIpc) is 2.88. The quantitative estimate of drug-likeness (QED) is 0.855. The number of nitrogens with zero attached hydrogens (tertiary/aromatic N) is 3. The van der Waals surface area contributed by atoms with E-state index in [4.69, 9.17) is 4.74 Å². The van der Waals surface area contributed by atoms with Gasteiger partial charge in [-0.1, -0.05) is 0 Å². The van der Waals surface area contributed by atoms with Crippen molar-refractivity contribution in [1.82, 2.24) is 14.9 Å². The highest BCUT2D eigenvalue weighted by molar-refractivity contribution is 5.92. The van der Waals surface area contributed by atoms with Gasteiger partial charge in [-0.3, -0.25) is 4.79 Å². The maximum Gasteiger partial charge on any atom is 0.274 e. The summed E-state index contributed by atoms with van der Waals surface area (Å²) in [6, 6.07) is 0. The lowest BCUT2D eigenvalue weighted by Gasteiger charge is -2.15. The number of hydrogen-bond acceptors (Lipinski definition) is 5.